The highest BCUT2D eigenvalue weighted by atomic mass is 16.5. The predicted molar refractivity (Wildman–Crippen MR) is 193 cm³/mol. The number of ether oxygens (including phenoxy) is 4. The van der Waals surface area contributed by atoms with Crippen molar-refractivity contribution in [3.05, 3.63) is 192 Å². The van der Waals surface area contributed by atoms with Gasteiger partial charge in [-0.15, -0.1) is 0 Å². The topological polar surface area (TPSA) is 50.1 Å². The second kappa shape index (κ2) is 15.6. The van der Waals surface area contributed by atoms with Crippen molar-refractivity contribution in [3.8, 4) is 45.6 Å². The Hall–Kier alpha value is -6.20. The molecule has 0 spiro atoms. The summed E-state index contributed by atoms with van der Waals surface area (Å²) in [5.41, 5.74) is 5.97. The fourth-order valence-corrected chi connectivity index (χ4v) is 5.41. The van der Waals surface area contributed by atoms with Gasteiger partial charge in [0.05, 0.1) is 11.1 Å². The Kier molecular flexibility index (Phi) is 9.99. The van der Waals surface area contributed by atoms with E-state index in [9.17, 15) is 0 Å². The van der Waals surface area contributed by atoms with Crippen LogP contribution in [0.5, 0.6) is 23.0 Å². The van der Waals surface area contributed by atoms with Crippen molar-refractivity contribution in [2.75, 3.05) is 0 Å². The molecule has 0 radical (unpaired) electrons. The number of rotatable bonds is 14. The summed E-state index contributed by atoms with van der Waals surface area (Å²) in [5.74, 6) is 4.11. The maximum absolute atomic E-state index is 6.54. The molecule has 6 aromatic carbocycles. The molecule has 0 atom stereocenters. The maximum Gasteiger partial charge on any atom is 0.138 e. The molecule has 0 saturated carbocycles. The second-order valence-electron chi connectivity index (χ2n) is 11.6. The van der Waals surface area contributed by atoms with Crippen molar-refractivity contribution in [3.63, 3.8) is 0 Å². The molecule has 7 aromatic rings. The van der Waals surface area contributed by atoms with Crippen molar-refractivity contribution >= 4 is 0 Å². The first kappa shape index (κ1) is 31.4. The molecule has 7 rings (SSSR count). The van der Waals surface area contributed by atoms with Gasteiger partial charge in [-0.2, -0.15) is 0 Å². The van der Waals surface area contributed by atoms with Crippen molar-refractivity contribution in [2.24, 2.45) is 0 Å². The van der Waals surface area contributed by atoms with E-state index in [1.54, 1.807) is 0 Å². The summed E-state index contributed by atoms with van der Waals surface area (Å²) in [6.45, 7) is 1.73. The third-order valence-electron chi connectivity index (χ3n) is 8.01. The maximum atomic E-state index is 6.54. The second-order valence-corrected chi connectivity index (χ2v) is 11.6. The molecule has 0 N–H and O–H groups in total. The summed E-state index contributed by atoms with van der Waals surface area (Å²) in [4.78, 5) is 0. The van der Waals surface area contributed by atoms with Crippen LogP contribution in [0.15, 0.2) is 174 Å². The van der Waals surface area contributed by atoms with Crippen molar-refractivity contribution in [2.45, 2.75) is 26.4 Å². The van der Waals surface area contributed by atoms with E-state index in [1.807, 2.05) is 170 Å². The smallest absolute Gasteiger partial charge is 0.138 e. The lowest BCUT2D eigenvalue weighted by molar-refractivity contribution is 0.290. The summed E-state index contributed by atoms with van der Waals surface area (Å²) in [5, 5.41) is 0. The molecule has 0 amide bonds. The Morgan fingerprint density at radius 2 is 0.653 bits per heavy atom. The summed E-state index contributed by atoms with van der Waals surface area (Å²) < 4.78 is 31.6. The van der Waals surface area contributed by atoms with E-state index < -0.39 is 0 Å². The largest absolute Gasteiger partial charge is 0.489 e. The average Bonchev–Trinajstić information content (AvgIpc) is 3.66. The molecule has 0 saturated heterocycles. The highest BCUT2D eigenvalue weighted by Crippen LogP contribution is 2.40. The fraction of sp³-hybridized carbons (Fsp3) is 0.0909. The van der Waals surface area contributed by atoms with Crippen molar-refractivity contribution < 1.29 is 23.4 Å². The quantitative estimate of drug-likeness (QED) is 0.118. The molecule has 0 aliphatic heterocycles. The van der Waals surface area contributed by atoms with Gasteiger partial charge in [-0.1, -0.05) is 121 Å². The van der Waals surface area contributed by atoms with E-state index in [2.05, 4.69) is 0 Å². The molecule has 49 heavy (non-hydrogen) atoms. The standard InChI is InChI=1S/C44H36O5/c1-5-13-33(14-6-1)29-45-37-21-23-39(43(27-37)47-31-35-17-9-3-10-18-35)41-25-26-42(49-41)40-24-22-38(46-30-34-15-7-2-8-16-34)28-44(40)48-32-36-19-11-4-12-20-36/h1-28H,29-32H2. The number of hydrogen-bond acceptors (Lipinski definition) is 5. The normalized spacial score (nSPS) is 10.8. The molecule has 1 heterocycles. The molecule has 0 aliphatic rings. The van der Waals surface area contributed by atoms with Crippen LogP contribution in [0.25, 0.3) is 22.6 Å². The van der Waals surface area contributed by atoms with Gasteiger partial charge < -0.3 is 23.4 Å². The lowest BCUT2D eigenvalue weighted by atomic mass is 10.1. The average molecular weight is 645 g/mol. The minimum Gasteiger partial charge on any atom is -0.489 e. The van der Waals surface area contributed by atoms with Crippen LogP contribution in [0, 0.1) is 0 Å². The lowest BCUT2D eigenvalue weighted by Crippen LogP contribution is -1.99. The van der Waals surface area contributed by atoms with Crippen molar-refractivity contribution in [1.29, 1.82) is 0 Å². The van der Waals surface area contributed by atoms with Gasteiger partial charge in [-0.05, 0) is 58.7 Å². The van der Waals surface area contributed by atoms with Crippen LogP contribution < -0.4 is 18.9 Å². The van der Waals surface area contributed by atoms with E-state index in [4.69, 9.17) is 23.4 Å². The monoisotopic (exact) mass is 644 g/mol. The first-order chi connectivity index (χ1) is 24.3. The molecular weight excluding hydrogens is 608 g/mol. The van der Waals surface area contributed by atoms with E-state index in [0.717, 1.165) is 33.4 Å². The van der Waals surface area contributed by atoms with Gasteiger partial charge in [0.15, 0.2) is 0 Å². The van der Waals surface area contributed by atoms with Crippen molar-refractivity contribution in [1.82, 2.24) is 0 Å². The number of benzene rings is 6. The molecule has 1 aromatic heterocycles. The summed E-state index contributed by atoms with van der Waals surface area (Å²) in [6, 6.07) is 56.1. The van der Waals surface area contributed by atoms with E-state index >= 15 is 0 Å². The molecule has 5 heteroatoms. The van der Waals surface area contributed by atoms with E-state index in [0.29, 0.717) is 60.9 Å². The first-order valence-corrected chi connectivity index (χ1v) is 16.3. The SMILES string of the molecule is c1ccc(COc2ccc(-c3ccc(-c4ccc(OCc5ccccc5)cc4OCc4ccccc4)o3)c(OCc3ccccc3)c2)cc1. The zero-order valence-electron chi connectivity index (χ0n) is 27.0. The van der Waals surface area contributed by atoms with Crippen LogP contribution >= 0.6 is 0 Å². The molecular formula is C44H36O5. The minimum absolute atomic E-state index is 0.408. The lowest BCUT2D eigenvalue weighted by Gasteiger charge is -2.14. The third kappa shape index (κ3) is 8.40. The van der Waals surface area contributed by atoms with E-state index in [-0.39, 0.29) is 0 Å². The molecule has 242 valence electrons. The Balaban J connectivity index is 1.16. The van der Waals surface area contributed by atoms with Gasteiger partial charge in [0, 0.05) is 12.1 Å². The highest BCUT2D eigenvalue weighted by Gasteiger charge is 2.17. The van der Waals surface area contributed by atoms with E-state index in [1.165, 1.54) is 0 Å². The Bertz CT molecular complexity index is 1910. The molecule has 5 nitrogen and oxygen atoms in total. The Labute approximate surface area is 286 Å². The van der Waals surface area contributed by atoms with Crippen LogP contribution in [0.3, 0.4) is 0 Å². The Morgan fingerprint density at radius 3 is 1.00 bits per heavy atom. The Morgan fingerprint density at radius 1 is 0.327 bits per heavy atom. The molecule has 0 fully saturated rings. The van der Waals surface area contributed by atoms with Crippen LogP contribution in [0.2, 0.25) is 0 Å². The van der Waals surface area contributed by atoms with Gasteiger partial charge in [0.1, 0.15) is 60.9 Å². The first-order valence-electron chi connectivity index (χ1n) is 16.3. The van der Waals surface area contributed by atoms with Gasteiger partial charge >= 0.3 is 0 Å². The fourth-order valence-electron chi connectivity index (χ4n) is 5.41. The predicted octanol–water partition coefficient (Wildman–Crippen LogP) is 10.9. The van der Waals surface area contributed by atoms with Crippen LogP contribution in [0.4, 0.5) is 0 Å². The van der Waals surface area contributed by atoms with Gasteiger partial charge in [0.25, 0.3) is 0 Å². The van der Waals surface area contributed by atoms with Crippen LogP contribution in [-0.2, 0) is 26.4 Å². The zero-order chi connectivity index (χ0) is 33.1. The van der Waals surface area contributed by atoms with Gasteiger partial charge in [-0.3, -0.25) is 0 Å². The third-order valence-corrected chi connectivity index (χ3v) is 8.01. The van der Waals surface area contributed by atoms with Crippen LogP contribution in [0.1, 0.15) is 22.3 Å². The minimum atomic E-state index is 0.408. The number of hydrogen-bond donors (Lipinski definition) is 0. The van der Waals surface area contributed by atoms with Gasteiger partial charge in [0.2, 0.25) is 0 Å². The number of furan rings is 1. The van der Waals surface area contributed by atoms with Crippen LogP contribution in [-0.4, -0.2) is 0 Å². The van der Waals surface area contributed by atoms with Gasteiger partial charge in [-0.25, -0.2) is 0 Å². The molecule has 0 unspecified atom stereocenters. The summed E-state index contributed by atoms with van der Waals surface area (Å²) >= 11 is 0. The highest BCUT2D eigenvalue weighted by molar-refractivity contribution is 5.73. The summed E-state index contributed by atoms with van der Waals surface area (Å²) in [6.07, 6.45) is 0. The summed E-state index contributed by atoms with van der Waals surface area (Å²) in [7, 11) is 0. The zero-order valence-corrected chi connectivity index (χ0v) is 27.0. The molecule has 0 aliphatic carbocycles. The molecule has 0 bridgehead atoms.